The van der Waals surface area contributed by atoms with E-state index >= 15 is 0 Å². The number of nitrogens with one attached hydrogen (secondary N) is 1. The summed E-state index contributed by atoms with van der Waals surface area (Å²) in [5.41, 5.74) is 2.05. The first kappa shape index (κ1) is 14.2. The molecule has 0 aliphatic rings. The zero-order chi connectivity index (χ0) is 13.9. The Hall–Kier alpha value is -1.17. The lowest BCUT2D eigenvalue weighted by atomic mass is 10.1. The Labute approximate surface area is 121 Å². The van der Waals surface area contributed by atoms with Crippen molar-refractivity contribution >= 4 is 26.0 Å². The Bertz CT molecular complexity index is 683. The molecule has 0 unspecified atom stereocenters. The average molecular weight is 340 g/mol. The number of sulfonamides is 1. The summed E-state index contributed by atoms with van der Waals surface area (Å²) in [7, 11) is -3.50. The van der Waals surface area contributed by atoms with Gasteiger partial charge in [-0.05, 0) is 40.5 Å². The average Bonchev–Trinajstić information content (AvgIpc) is 2.37. The quantitative estimate of drug-likeness (QED) is 0.929. The minimum absolute atomic E-state index is 0.252. The van der Waals surface area contributed by atoms with Crippen LogP contribution in [0.4, 0.5) is 0 Å². The van der Waals surface area contributed by atoms with Crippen molar-refractivity contribution < 1.29 is 8.42 Å². The minimum Gasteiger partial charge on any atom is -0.207 e. The maximum Gasteiger partial charge on any atom is 0.241 e. The van der Waals surface area contributed by atoms with Crippen molar-refractivity contribution in [1.29, 1.82) is 0 Å². The third-order valence-corrected chi connectivity index (χ3v) is 5.09. The van der Waals surface area contributed by atoms with Crippen molar-refractivity contribution in [2.75, 3.05) is 0 Å². The standard InChI is InChI=1S/C14H14BrNO2S/c1-11-5-4-6-12(9-11)10-16-19(17,18)14-8-3-2-7-13(14)15/h2-9,16H,10H2,1H3. The van der Waals surface area contributed by atoms with Crippen LogP contribution in [-0.4, -0.2) is 8.42 Å². The van der Waals surface area contributed by atoms with E-state index in [0.29, 0.717) is 4.47 Å². The van der Waals surface area contributed by atoms with Crippen LogP contribution in [0.3, 0.4) is 0 Å². The van der Waals surface area contributed by atoms with E-state index < -0.39 is 10.0 Å². The van der Waals surface area contributed by atoms with Crippen LogP contribution in [0.15, 0.2) is 57.9 Å². The van der Waals surface area contributed by atoms with E-state index in [1.54, 1.807) is 24.3 Å². The molecule has 0 aromatic heterocycles. The fourth-order valence-electron chi connectivity index (χ4n) is 1.74. The first-order chi connectivity index (χ1) is 8.99. The molecule has 2 aromatic carbocycles. The van der Waals surface area contributed by atoms with Crippen molar-refractivity contribution in [3.8, 4) is 0 Å². The fourth-order valence-corrected chi connectivity index (χ4v) is 3.76. The first-order valence-corrected chi connectivity index (χ1v) is 8.06. The van der Waals surface area contributed by atoms with Crippen molar-refractivity contribution in [3.05, 3.63) is 64.1 Å². The molecule has 2 rings (SSSR count). The number of benzene rings is 2. The third kappa shape index (κ3) is 3.65. The molecule has 0 saturated carbocycles. The summed E-state index contributed by atoms with van der Waals surface area (Å²) in [5.74, 6) is 0. The van der Waals surface area contributed by atoms with Gasteiger partial charge in [-0.1, -0.05) is 42.0 Å². The van der Waals surface area contributed by atoms with Gasteiger partial charge in [-0.25, -0.2) is 13.1 Å². The van der Waals surface area contributed by atoms with Crippen LogP contribution < -0.4 is 4.72 Å². The molecule has 0 fully saturated rings. The van der Waals surface area contributed by atoms with Crippen molar-refractivity contribution in [2.24, 2.45) is 0 Å². The van der Waals surface area contributed by atoms with Crippen LogP contribution in [-0.2, 0) is 16.6 Å². The molecule has 0 aliphatic carbocycles. The smallest absolute Gasteiger partial charge is 0.207 e. The molecule has 0 spiro atoms. The minimum atomic E-state index is -3.50. The topological polar surface area (TPSA) is 46.2 Å². The molecule has 3 nitrogen and oxygen atoms in total. The third-order valence-electron chi connectivity index (χ3n) is 2.67. The molecular weight excluding hydrogens is 326 g/mol. The van der Waals surface area contributed by atoms with Gasteiger partial charge in [-0.2, -0.15) is 0 Å². The number of aryl methyl sites for hydroxylation is 1. The van der Waals surface area contributed by atoms with Crippen LogP contribution in [0.2, 0.25) is 0 Å². The number of hydrogen-bond donors (Lipinski definition) is 1. The molecule has 0 heterocycles. The molecule has 0 saturated heterocycles. The Balaban J connectivity index is 2.17. The van der Waals surface area contributed by atoms with Crippen LogP contribution in [0.25, 0.3) is 0 Å². The molecule has 0 aliphatic heterocycles. The number of hydrogen-bond acceptors (Lipinski definition) is 2. The van der Waals surface area contributed by atoms with Gasteiger partial charge < -0.3 is 0 Å². The summed E-state index contributed by atoms with van der Waals surface area (Å²) in [6.07, 6.45) is 0. The molecule has 19 heavy (non-hydrogen) atoms. The summed E-state index contributed by atoms with van der Waals surface area (Å²) in [6.45, 7) is 2.26. The maximum absolute atomic E-state index is 12.2. The van der Waals surface area contributed by atoms with E-state index in [1.165, 1.54) is 0 Å². The molecule has 0 atom stereocenters. The van der Waals surface area contributed by atoms with Gasteiger partial charge in [0.1, 0.15) is 0 Å². The fraction of sp³-hybridized carbons (Fsp3) is 0.143. The second-order valence-electron chi connectivity index (χ2n) is 4.24. The summed E-state index contributed by atoms with van der Waals surface area (Å²) in [4.78, 5) is 0.252. The highest BCUT2D eigenvalue weighted by molar-refractivity contribution is 9.10. The molecule has 2 aromatic rings. The SMILES string of the molecule is Cc1cccc(CNS(=O)(=O)c2ccccc2Br)c1. The monoisotopic (exact) mass is 339 g/mol. The Kier molecular flexibility index (Phi) is 4.39. The van der Waals surface area contributed by atoms with Gasteiger partial charge in [0.2, 0.25) is 10.0 Å². The second kappa shape index (κ2) is 5.86. The molecular formula is C14H14BrNO2S. The molecule has 5 heteroatoms. The van der Waals surface area contributed by atoms with E-state index in [-0.39, 0.29) is 11.4 Å². The molecule has 0 radical (unpaired) electrons. The molecule has 0 amide bonds. The largest absolute Gasteiger partial charge is 0.241 e. The zero-order valence-corrected chi connectivity index (χ0v) is 12.8. The van der Waals surface area contributed by atoms with Gasteiger partial charge in [-0.15, -0.1) is 0 Å². The van der Waals surface area contributed by atoms with Crippen molar-refractivity contribution in [1.82, 2.24) is 4.72 Å². The Morgan fingerprint density at radius 2 is 1.84 bits per heavy atom. The molecule has 1 N–H and O–H groups in total. The van der Waals surface area contributed by atoms with Crippen LogP contribution in [0.5, 0.6) is 0 Å². The van der Waals surface area contributed by atoms with E-state index in [4.69, 9.17) is 0 Å². The Morgan fingerprint density at radius 1 is 1.11 bits per heavy atom. The predicted octanol–water partition coefficient (Wildman–Crippen LogP) is 3.24. The second-order valence-corrected chi connectivity index (χ2v) is 6.83. The predicted molar refractivity (Wildman–Crippen MR) is 79.3 cm³/mol. The highest BCUT2D eigenvalue weighted by Gasteiger charge is 2.16. The highest BCUT2D eigenvalue weighted by atomic mass is 79.9. The summed E-state index contributed by atoms with van der Waals surface area (Å²) in [5, 5.41) is 0. The maximum atomic E-state index is 12.2. The lowest BCUT2D eigenvalue weighted by molar-refractivity contribution is 0.581. The van der Waals surface area contributed by atoms with Gasteiger partial charge in [0.15, 0.2) is 0 Å². The summed E-state index contributed by atoms with van der Waals surface area (Å²) >= 11 is 3.25. The van der Waals surface area contributed by atoms with E-state index in [2.05, 4.69) is 20.7 Å². The van der Waals surface area contributed by atoms with Crippen LogP contribution in [0.1, 0.15) is 11.1 Å². The Morgan fingerprint density at radius 3 is 2.53 bits per heavy atom. The van der Waals surface area contributed by atoms with Gasteiger partial charge in [-0.3, -0.25) is 0 Å². The molecule has 0 bridgehead atoms. The number of rotatable bonds is 4. The van der Waals surface area contributed by atoms with E-state index in [9.17, 15) is 8.42 Å². The van der Waals surface area contributed by atoms with E-state index in [1.807, 2.05) is 31.2 Å². The van der Waals surface area contributed by atoms with Crippen LogP contribution >= 0.6 is 15.9 Å². The van der Waals surface area contributed by atoms with Gasteiger partial charge in [0, 0.05) is 11.0 Å². The summed E-state index contributed by atoms with van der Waals surface area (Å²) in [6, 6.07) is 14.5. The van der Waals surface area contributed by atoms with E-state index in [0.717, 1.165) is 11.1 Å². The lowest BCUT2D eigenvalue weighted by Gasteiger charge is -2.08. The van der Waals surface area contributed by atoms with Gasteiger partial charge >= 0.3 is 0 Å². The van der Waals surface area contributed by atoms with Crippen molar-refractivity contribution in [2.45, 2.75) is 18.4 Å². The molecule has 100 valence electrons. The van der Waals surface area contributed by atoms with Gasteiger partial charge in [0.05, 0.1) is 4.90 Å². The highest BCUT2D eigenvalue weighted by Crippen LogP contribution is 2.21. The first-order valence-electron chi connectivity index (χ1n) is 5.79. The van der Waals surface area contributed by atoms with Crippen molar-refractivity contribution in [3.63, 3.8) is 0 Å². The van der Waals surface area contributed by atoms with Crippen LogP contribution in [0, 0.1) is 6.92 Å². The number of halogens is 1. The summed E-state index contributed by atoms with van der Waals surface area (Å²) < 4.78 is 27.5. The zero-order valence-electron chi connectivity index (χ0n) is 10.4. The lowest BCUT2D eigenvalue weighted by Crippen LogP contribution is -2.23. The van der Waals surface area contributed by atoms with Gasteiger partial charge in [0.25, 0.3) is 0 Å². The normalized spacial score (nSPS) is 11.5.